The highest BCUT2D eigenvalue weighted by molar-refractivity contribution is 6.35. The van der Waals surface area contributed by atoms with Crippen molar-refractivity contribution in [3.05, 3.63) is 63.6 Å². The second kappa shape index (κ2) is 7.14. The maximum absolute atomic E-state index is 12.1. The Kier molecular flexibility index (Phi) is 5.24. The number of carbonyl (C=O) groups excluding carboxylic acids is 1. The third kappa shape index (κ3) is 4.51. The lowest BCUT2D eigenvalue weighted by Gasteiger charge is -2.06. The van der Waals surface area contributed by atoms with Crippen LogP contribution in [-0.2, 0) is 0 Å². The third-order valence-corrected chi connectivity index (χ3v) is 2.99. The molecule has 0 heterocycles. The van der Waals surface area contributed by atoms with E-state index in [-0.39, 0.29) is 12.5 Å². The molecule has 2 N–H and O–H groups in total. The fraction of sp³-hybridized carbons (Fsp3) is 0.0625. The lowest BCUT2D eigenvalue weighted by molar-refractivity contribution is 0.102. The SMILES string of the molecule is O=C(Nc1cccc(C#CCO)c1)c1cc(Cl)cc(Cl)c1. The first-order chi connectivity index (χ1) is 10.1. The minimum Gasteiger partial charge on any atom is -0.384 e. The van der Waals surface area contributed by atoms with E-state index in [0.29, 0.717) is 26.9 Å². The van der Waals surface area contributed by atoms with E-state index in [2.05, 4.69) is 17.2 Å². The van der Waals surface area contributed by atoms with Gasteiger partial charge >= 0.3 is 0 Å². The summed E-state index contributed by atoms with van der Waals surface area (Å²) in [5.74, 6) is 5.01. The molecule has 106 valence electrons. The summed E-state index contributed by atoms with van der Waals surface area (Å²) in [6, 6.07) is 11.7. The van der Waals surface area contributed by atoms with Crippen LogP contribution in [0.15, 0.2) is 42.5 Å². The van der Waals surface area contributed by atoms with E-state index in [1.165, 1.54) is 12.1 Å². The number of benzene rings is 2. The quantitative estimate of drug-likeness (QED) is 0.831. The van der Waals surface area contributed by atoms with Crippen molar-refractivity contribution in [2.45, 2.75) is 0 Å². The van der Waals surface area contributed by atoms with Crippen LogP contribution in [0.4, 0.5) is 5.69 Å². The van der Waals surface area contributed by atoms with Crippen molar-refractivity contribution in [3.63, 3.8) is 0 Å². The molecule has 2 rings (SSSR count). The number of anilines is 1. The molecule has 0 atom stereocenters. The van der Waals surface area contributed by atoms with Crippen molar-refractivity contribution in [1.29, 1.82) is 0 Å². The number of hydrogen-bond donors (Lipinski definition) is 2. The molecule has 2 aromatic rings. The van der Waals surface area contributed by atoms with Crippen molar-refractivity contribution < 1.29 is 9.90 Å². The summed E-state index contributed by atoms with van der Waals surface area (Å²) in [4.78, 5) is 12.1. The van der Waals surface area contributed by atoms with E-state index < -0.39 is 0 Å². The summed E-state index contributed by atoms with van der Waals surface area (Å²) < 4.78 is 0. The smallest absolute Gasteiger partial charge is 0.255 e. The van der Waals surface area contributed by atoms with Gasteiger partial charge in [0.2, 0.25) is 0 Å². The van der Waals surface area contributed by atoms with Crippen LogP contribution in [0.3, 0.4) is 0 Å². The highest BCUT2D eigenvalue weighted by Crippen LogP contribution is 2.20. The second-order valence-electron chi connectivity index (χ2n) is 4.15. The maximum atomic E-state index is 12.1. The van der Waals surface area contributed by atoms with Gasteiger partial charge in [0.25, 0.3) is 5.91 Å². The molecule has 1 amide bonds. The zero-order chi connectivity index (χ0) is 15.2. The zero-order valence-corrected chi connectivity index (χ0v) is 12.4. The molecule has 0 aliphatic carbocycles. The Morgan fingerprint density at radius 1 is 1.14 bits per heavy atom. The van der Waals surface area contributed by atoms with Gasteiger partial charge in [-0.05, 0) is 36.4 Å². The normalized spacial score (nSPS) is 9.67. The number of hydrogen-bond acceptors (Lipinski definition) is 2. The molecule has 0 saturated carbocycles. The molecular formula is C16H11Cl2NO2. The molecule has 0 aliphatic heterocycles. The number of aliphatic hydroxyl groups is 1. The van der Waals surface area contributed by atoms with Crippen LogP contribution in [0.5, 0.6) is 0 Å². The number of halogens is 2. The van der Waals surface area contributed by atoms with Crippen LogP contribution >= 0.6 is 23.2 Å². The van der Waals surface area contributed by atoms with Crippen molar-refractivity contribution in [3.8, 4) is 11.8 Å². The van der Waals surface area contributed by atoms with Crippen LogP contribution in [0.25, 0.3) is 0 Å². The second-order valence-corrected chi connectivity index (χ2v) is 5.03. The van der Waals surface area contributed by atoms with Crippen LogP contribution in [0, 0.1) is 11.8 Å². The summed E-state index contributed by atoms with van der Waals surface area (Å²) >= 11 is 11.7. The predicted octanol–water partition coefficient (Wildman–Crippen LogP) is 3.59. The monoisotopic (exact) mass is 319 g/mol. The molecule has 0 aromatic heterocycles. The van der Waals surface area contributed by atoms with Gasteiger partial charge in [-0.15, -0.1) is 0 Å². The number of rotatable bonds is 2. The van der Waals surface area contributed by atoms with Crippen molar-refractivity contribution in [2.75, 3.05) is 11.9 Å². The fourth-order valence-electron chi connectivity index (χ4n) is 1.70. The first-order valence-electron chi connectivity index (χ1n) is 6.06. The molecule has 0 fully saturated rings. The Morgan fingerprint density at radius 2 is 1.86 bits per heavy atom. The lowest BCUT2D eigenvalue weighted by atomic mass is 10.1. The summed E-state index contributed by atoms with van der Waals surface area (Å²) in [6.07, 6.45) is 0. The first kappa shape index (κ1) is 15.4. The van der Waals surface area contributed by atoms with Gasteiger partial charge in [-0.2, -0.15) is 0 Å². The van der Waals surface area contributed by atoms with Gasteiger partial charge < -0.3 is 10.4 Å². The fourth-order valence-corrected chi connectivity index (χ4v) is 2.23. The van der Waals surface area contributed by atoms with E-state index in [9.17, 15) is 4.79 Å². The van der Waals surface area contributed by atoms with Crippen molar-refractivity contribution in [2.24, 2.45) is 0 Å². The van der Waals surface area contributed by atoms with Gasteiger partial charge in [0.1, 0.15) is 6.61 Å². The van der Waals surface area contributed by atoms with Gasteiger partial charge in [-0.3, -0.25) is 4.79 Å². The summed E-state index contributed by atoms with van der Waals surface area (Å²) in [5.41, 5.74) is 1.67. The van der Waals surface area contributed by atoms with E-state index >= 15 is 0 Å². The molecule has 5 heteroatoms. The van der Waals surface area contributed by atoms with Gasteiger partial charge in [0, 0.05) is 26.9 Å². The van der Waals surface area contributed by atoms with Crippen LogP contribution in [0.2, 0.25) is 10.0 Å². The average Bonchev–Trinajstić information content (AvgIpc) is 2.44. The Balaban J connectivity index is 2.19. The molecular weight excluding hydrogens is 309 g/mol. The Hall–Kier alpha value is -1.99. The van der Waals surface area contributed by atoms with Gasteiger partial charge in [-0.1, -0.05) is 41.1 Å². The number of carbonyl (C=O) groups is 1. The molecule has 21 heavy (non-hydrogen) atoms. The largest absolute Gasteiger partial charge is 0.384 e. The Morgan fingerprint density at radius 3 is 2.52 bits per heavy atom. The molecule has 3 nitrogen and oxygen atoms in total. The maximum Gasteiger partial charge on any atom is 0.255 e. The summed E-state index contributed by atoms with van der Waals surface area (Å²) in [6.45, 7) is -0.211. The third-order valence-electron chi connectivity index (χ3n) is 2.56. The molecule has 0 unspecified atom stereocenters. The molecule has 0 spiro atoms. The van der Waals surface area contributed by atoms with E-state index in [1.54, 1.807) is 30.3 Å². The molecule has 2 aromatic carbocycles. The highest BCUT2D eigenvalue weighted by Gasteiger charge is 2.08. The molecule has 0 bridgehead atoms. The van der Waals surface area contributed by atoms with Gasteiger partial charge in [0.05, 0.1) is 0 Å². The van der Waals surface area contributed by atoms with E-state index in [4.69, 9.17) is 28.3 Å². The van der Waals surface area contributed by atoms with Gasteiger partial charge in [0.15, 0.2) is 0 Å². The molecule has 0 saturated heterocycles. The van der Waals surface area contributed by atoms with Crippen molar-refractivity contribution >= 4 is 34.8 Å². The summed E-state index contributed by atoms with van der Waals surface area (Å²) in [5, 5.41) is 12.2. The van der Waals surface area contributed by atoms with Crippen LogP contribution < -0.4 is 5.32 Å². The summed E-state index contributed by atoms with van der Waals surface area (Å²) in [7, 11) is 0. The van der Waals surface area contributed by atoms with Gasteiger partial charge in [-0.25, -0.2) is 0 Å². The Labute approximate surface area is 132 Å². The zero-order valence-electron chi connectivity index (χ0n) is 10.9. The predicted molar refractivity (Wildman–Crippen MR) is 84.8 cm³/mol. The minimum absolute atomic E-state index is 0.211. The van der Waals surface area contributed by atoms with Crippen molar-refractivity contribution in [1.82, 2.24) is 0 Å². The van der Waals surface area contributed by atoms with E-state index in [0.717, 1.165) is 0 Å². The standard InChI is InChI=1S/C16H11Cl2NO2/c17-13-8-12(9-14(18)10-13)16(21)19-15-5-1-3-11(7-15)4-2-6-20/h1,3,5,7-10,20H,6H2,(H,19,21). The molecule has 0 aliphatic rings. The highest BCUT2D eigenvalue weighted by atomic mass is 35.5. The number of amides is 1. The Bertz CT molecular complexity index is 712. The lowest BCUT2D eigenvalue weighted by Crippen LogP contribution is -2.11. The number of nitrogens with one attached hydrogen (secondary N) is 1. The average molecular weight is 320 g/mol. The van der Waals surface area contributed by atoms with Crippen LogP contribution in [-0.4, -0.2) is 17.6 Å². The topological polar surface area (TPSA) is 49.3 Å². The minimum atomic E-state index is -0.313. The number of aliphatic hydroxyl groups excluding tert-OH is 1. The first-order valence-corrected chi connectivity index (χ1v) is 6.81. The van der Waals surface area contributed by atoms with Crippen LogP contribution in [0.1, 0.15) is 15.9 Å². The molecule has 0 radical (unpaired) electrons. The van der Waals surface area contributed by atoms with E-state index in [1.807, 2.05) is 0 Å².